The zero-order valence-corrected chi connectivity index (χ0v) is 16.9. The highest BCUT2D eigenvalue weighted by atomic mass is 16.5. The molecule has 1 aliphatic rings. The first-order valence-corrected chi connectivity index (χ1v) is 9.92. The van der Waals surface area contributed by atoms with Crippen LogP contribution >= 0.6 is 0 Å². The maximum absolute atomic E-state index is 12.6. The largest absolute Gasteiger partial charge is 0.490 e. The van der Waals surface area contributed by atoms with Crippen molar-refractivity contribution in [3.05, 3.63) is 48.5 Å². The predicted octanol–water partition coefficient (Wildman–Crippen LogP) is 2.77. The van der Waals surface area contributed by atoms with Crippen LogP contribution in [-0.4, -0.2) is 56.1 Å². The molecule has 1 fully saturated rings. The van der Waals surface area contributed by atoms with Gasteiger partial charge in [0.05, 0.1) is 13.2 Å². The van der Waals surface area contributed by atoms with Gasteiger partial charge in [0.2, 0.25) is 0 Å². The zero-order chi connectivity index (χ0) is 20.6. The molecule has 7 heteroatoms. The Balaban J connectivity index is 1.58. The number of benzene rings is 2. The number of amides is 2. The first-order chi connectivity index (χ1) is 14.1. The van der Waals surface area contributed by atoms with E-state index in [0.717, 1.165) is 5.69 Å². The minimum absolute atomic E-state index is 0.474. The van der Waals surface area contributed by atoms with Gasteiger partial charge in [-0.2, -0.15) is 0 Å². The van der Waals surface area contributed by atoms with Crippen LogP contribution < -0.4 is 19.7 Å². The lowest BCUT2D eigenvalue weighted by molar-refractivity contribution is -0.143. The van der Waals surface area contributed by atoms with Crippen molar-refractivity contribution >= 4 is 23.2 Å². The molecular formula is C22H27N3O4. The van der Waals surface area contributed by atoms with E-state index in [-0.39, 0.29) is 0 Å². The molecule has 0 spiro atoms. The molecule has 29 heavy (non-hydrogen) atoms. The standard InChI is InChI=1S/C22H27N3O4/c1-3-28-19-11-10-17(16-20(19)29-4-2)23-21(26)22(27)25-14-12-24(13-15-25)18-8-6-5-7-9-18/h5-11,16H,3-4,12-15H2,1-2H3,(H,23,26). The summed E-state index contributed by atoms with van der Waals surface area (Å²) in [4.78, 5) is 28.8. The molecule has 7 nitrogen and oxygen atoms in total. The molecule has 0 bridgehead atoms. The highest BCUT2D eigenvalue weighted by Gasteiger charge is 2.26. The number of carbonyl (C=O) groups excluding carboxylic acids is 2. The number of para-hydroxylation sites is 1. The number of piperazine rings is 1. The Morgan fingerprint density at radius 1 is 0.897 bits per heavy atom. The van der Waals surface area contributed by atoms with Crippen LogP contribution in [0.3, 0.4) is 0 Å². The fourth-order valence-electron chi connectivity index (χ4n) is 3.26. The van der Waals surface area contributed by atoms with Crippen LogP contribution in [0.15, 0.2) is 48.5 Å². The minimum Gasteiger partial charge on any atom is -0.490 e. The molecule has 154 valence electrons. The first-order valence-electron chi connectivity index (χ1n) is 9.92. The van der Waals surface area contributed by atoms with Gasteiger partial charge in [-0.3, -0.25) is 9.59 Å². The normalized spacial score (nSPS) is 13.7. The van der Waals surface area contributed by atoms with E-state index in [0.29, 0.717) is 56.6 Å². The van der Waals surface area contributed by atoms with Crippen LogP contribution in [0.2, 0.25) is 0 Å². The van der Waals surface area contributed by atoms with E-state index in [1.165, 1.54) is 0 Å². The molecule has 0 radical (unpaired) electrons. The van der Waals surface area contributed by atoms with E-state index in [1.54, 1.807) is 23.1 Å². The molecule has 1 saturated heterocycles. The van der Waals surface area contributed by atoms with Gasteiger partial charge in [-0.05, 0) is 38.1 Å². The summed E-state index contributed by atoms with van der Waals surface area (Å²) in [7, 11) is 0. The quantitative estimate of drug-likeness (QED) is 0.759. The third kappa shape index (κ3) is 5.19. The second-order valence-corrected chi connectivity index (χ2v) is 6.60. The monoisotopic (exact) mass is 397 g/mol. The topological polar surface area (TPSA) is 71.1 Å². The average molecular weight is 397 g/mol. The molecule has 0 atom stereocenters. The minimum atomic E-state index is -0.648. The van der Waals surface area contributed by atoms with Crippen molar-refractivity contribution in [2.24, 2.45) is 0 Å². The van der Waals surface area contributed by atoms with E-state index < -0.39 is 11.8 Å². The van der Waals surface area contributed by atoms with Crippen LogP contribution in [0, 0.1) is 0 Å². The summed E-state index contributed by atoms with van der Waals surface area (Å²) >= 11 is 0. The highest BCUT2D eigenvalue weighted by molar-refractivity contribution is 6.39. The van der Waals surface area contributed by atoms with E-state index >= 15 is 0 Å². The second kappa shape index (κ2) is 9.82. The van der Waals surface area contributed by atoms with E-state index in [2.05, 4.69) is 10.2 Å². The van der Waals surface area contributed by atoms with Gasteiger partial charge in [0.1, 0.15) is 0 Å². The van der Waals surface area contributed by atoms with Gasteiger partial charge in [0.25, 0.3) is 0 Å². The summed E-state index contributed by atoms with van der Waals surface area (Å²) in [6.07, 6.45) is 0. The van der Waals surface area contributed by atoms with Crippen LogP contribution in [0.25, 0.3) is 0 Å². The maximum Gasteiger partial charge on any atom is 0.313 e. The van der Waals surface area contributed by atoms with Crippen molar-refractivity contribution in [1.82, 2.24) is 4.90 Å². The SMILES string of the molecule is CCOc1ccc(NC(=O)C(=O)N2CCN(c3ccccc3)CC2)cc1OCC. The molecule has 0 saturated carbocycles. The number of nitrogens with zero attached hydrogens (tertiary/aromatic N) is 2. The lowest BCUT2D eigenvalue weighted by atomic mass is 10.2. The van der Waals surface area contributed by atoms with Crippen LogP contribution in [0.4, 0.5) is 11.4 Å². The smallest absolute Gasteiger partial charge is 0.313 e. The van der Waals surface area contributed by atoms with E-state index in [9.17, 15) is 9.59 Å². The lowest BCUT2D eigenvalue weighted by Gasteiger charge is -2.35. The number of anilines is 2. The second-order valence-electron chi connectivity index (χ2n) is 6.60. The van der Waals surface area contributed by atoms with Gasteiger partial charge in [0, 0.05) is 43.6 Å². The molecule has 1 N–H and O–H groups in total. The number of hydrogen-bond donors (Lipinski definition) is 1. The highest BCUT2D eigenvalue weighted by Crippen LogP contribution is 2.30. The van der Waals surface area contributed by atoms with Crippen molar-refractivity contribution in [3.8, 4) is 11.5 Å². The van der Waals surface area contributed by atoms with Gasteiger partial charge < -0.3 is 24.6 Å². The van der Waals surface area contributed by atoms with Crippen molar-refractivity contribution in [2.75, 3.05) is 49.6 Å². The molecule has 2 amide bonds. The number of rotatable bonds is 6. The fraction of sp³-hybridized carbons (Fsp3) is 0.364. The molecule has 0 aromatic heterocycles. The molecular weight excluding hydrogens is 370 g/mol. The summed E-state index contributed by atoms with van der Waals surface area (Å²) in [5, 5.41) is 2.67. The van der Waals surface area contributed by atoms with Crippen molar-refractivity contribution in [1.29, 1.82) is 0 Å². The molecule has 3 rings (SSSR count). The molecule has 0 unspecified atom stereocenters. The van der Waals surface area contributed by atoms with E-state index in [4.69, 9.17) is 9.47 Å². The summed E-state index contributed by atoms with van der Waals surface area (Å²) in [6.45, 7) is 7.16. The maximum atomic E-state index is 12.6. The number of nitrogens with one attached hydrogen (secondary N) is 1. The predicted molar refractivity (Wildman–Crippen MR) is 113 cm³/mol. The van der Waals surface area contributed by atoms with Crippen LogP contribution in [0.1, 0.15) is 13.8 Å². The summed E-state index contributed by atoms with van der Waals surface area (Å²) in [5.41, 5.74) is 1.63. The Labute approximate surface area is 171 Å². The molecule has 1 aliphatic heterocycles. The van der Waals surface area contributed by atoms with Gasteiger partial charge in [-0.15, -0.1) is 0 Å². The number of carbonyl (C=O) groups is 2. The third-order valence-corrected chi connectivity index (χ3v) is 4.68. The summed E-state index contributed by atoms with van der Waals surface area (Å²) in [6, 6.07) is 15.2. The Kier molecular flexibility index (Phi) is 6.94. The Morgan fingerprint density at radius 2 is 1.55 bits per heavy atom. The van der Waals surface area contributed by atoms with Crippen molar-refractivity contribution in [3.63, 3.8) is 0 Å². The summed E-state index contributed by atoms with van der Waals surface area (Å²) < 4.78 is 11.1. The van der Waals surface area contributed by atoms with Gasteiger partial charge >= 0.3 is 11.8 Å². The van der Waals surface area contributed by atoms with Gasteiger partial charge in [0.15, 0.2) is 11.5 Å². The van der Waals surface area contributed by atoms with Gasteiger partial charge in [-0.1, -0.05) is 18.2 Å². The zero-order valence-electron chi connectivity index (χ0n) is 16.9. The summed E-state index contributed by atoms with van der Waals surface area (Å²) in [5.74, 6) is -0.0268. The lowest BCUT2D eigenvalue weighted by Crippen LogP contribution is -2.51. The number of ether oxygens (including phenoxy) is 2. The molecule has 2 aromatic rings. The van der Waals surface area contributed by atoms with Gasteiger partial charge in [-0.25, -0.2) is 0 Å². The average Bonchev–Trinajstić information content (AvgIpc) is 2.76. The number of hydrogen-bond acceptors (Lipinski definition) is 5. The van der Waals surface area contributed by atoms with E-state index in [1.807, 2.05) is 44.2 Å². The first kappa shape index (κ1) is 20.5. The third-order valence-electron chi connectivity index (χ3n) is 4.68. The molecule has 2 aromatic carbocycles. The Morgan fingerprint density at radius 3 is 2.21 bits per heavy atom. The van der Waals surface area contributed by atoms with Crippen molar-refractivity contribution < 1.29 is 19.1 Å². The van der Waals surface area contributed by atoms with Crippen LogP contribution in [-0.2, 0) is 9.59 Å². The van der Waals surface area contributed by atoms with Crippen LogP contribution in [0.5, 0.6) is 11.5 Å². The molecule has 0 aliphatic carbocycles. The Hall–Kier alpha value is -3.22. The Bertz CT molecular complexity index is 833. The fourth-order valence-corrected chi connectivity index (χ4v) is 3.26. The van der Waals surface area contributed by atoms with Crippen molar-refractivity contribution in [2.45, 2.75) is 13.8 Å². The molecule has 1 heterocycles.